The van der Waals surface area contributed by atoms with Gasteiger partial charge in [0.2, 0.25) is 0 Å². The summed E-state index contributed by atoms with van der Waals surface area (Å²) in [5.74, 6) is -0.0392. The summed E-state index contributed by atoms with van der Waals surface area (Å²) in [5.41, 5.74) is 12.7. The van der Waals surface area contributed by atoms with Crippen LogP contribution in [0.4, 0.5) is 0 Å². The van der Waals surface area contributed by atoms with E-state index >= 15 is 0 Å². The number of carbonyl (C=O) groups is 1. The molecule has 114 valence electrons. The first-order chi connectivity index (χ1) is 11.0. The Hall–Kier alpha value is -3.28. The van der Waals surface area contributed by atoms with Crippen molar-refractivity contribution in [3.8, 4) is 11.3 Å². The van der Waals surface area contributed by atoms with Crippen molar-refractivity contribution in [2.75, 3.05) is 0 Å². The van der Waals surface area contributed by atoms with Gasteiger partial charge in [0, 0.05) is 17.3 Å². The molecule has 3 aromatic rings. The lowest BCUT2D eigenvalue weighted by Gasteiger charge is -2.08. The van der Waals surface area contributed by atoms with E-state index < -0.39 is 5.91 Å². The Morgan fingerprint density at radius 3 is 2.70 bits per heavy atom. The van der Waals surface area contributed by atoms with E-state index in [1.165, 1.54) is 0 Å². The first-order valence-corrected chi connectivity index (χ1v) is 7.01. The topological polar surface area (TPSA) is 107 Å². The minimum Gasteiger partial charge on any atom is -0.370 e. The number of nitrogens with zero attached hydrogens (tertiary/aromatic N) is 3. The number of aryl methyl sites for hydroxylation is 1. The zero-order chi connectivity index (χ0) is 16.4. The number of aromatic nitrogens is 2. The number of benzene rings is 2. The van der Waals surface area contributed by atoms with Gasteiger partial charge in [0.1, 0.15) is 5.82 Å². The standard InChI is InChI=1S/C17H15N5O/c1-10-20-8-7-15(21-10)13-4-2-3-11-5-6-12(9-14(11)13)16(23)22-17(18)19/h2-9H,1H3,(H4,18,19,22,23). The summed E-state index contributed by atoms with van der Waals surface area (Å²) < 4.78 is 0. The van der Waals surface area contributed by atoms with E-state index in [0.717, 1.165) is 22.0 Å². The van der Waals surface area contributed by atoms with Crippen LogP contribution in [0.15, 0.2) is 53.7 Å². The number of hydrogen-bond acceptors (Lipinski definition) is 3. The van der Waals surface area contributed by atoms with Gasteiger partial charge >= 0.3 is 0 Å². The highest BCUT2D eigenvalue weighted by Gasteiger charge is 2.10. The third kappa shape index (κ3) is 3.01. The normalized spacial score (nSPS) is 10.5. The number of rotatable bonds is 2. The van der Waals surface area contributed by atoms with E-state index in [-0.39, 0.29) is 5.96 Å². The van der Waals surface area contributed by atoms with Gasteiger partial charge in [-0.1, -0.05) is 24.3 Å². The summed E-state index contributed by atoms with van der Waals surface area (Å²) in [4.78, 5) is 24.2. The summed E-state index contributed by atoms with van der Waals surface area (Å²) in [5, 5.41) is 1.90. The summed E-state index contributed by atoms with van der Waals surface area (Å²) in [7, 11) is 0. The van der Waals surface area contributed by atoms with Crippen molar-refractivity contribution >= 4 is 22.6 Å². The molecule has 0 radical (unpaired) electrons. The number of hydrogen-bond donors (Lipinski definition) is 2. The van der Waals surface area contributed by atoms with Crippen LogP contribution >= 0.6 is 0 Å². The first kappa shape index (κ1) is 14.6. The molecule has 4 N–H and O–H groups in total. The number of amides is 1. The van der Waals surface area contributed by atoms with E-state index in [1.54, 1.807) is 18.3 Å². The molecule has 2 aromatic carbocycles. The molecule has 0 spiro atoms. The Morgan fingerprint density at radius 2 is 1.96 bits per heavy atom. The van der Waals surface area contributed by atoms with Crippen molar-refractivity contribution in [2.24, 2.45) is 16.5 Å². The predicted octanol–water partition coefficient (Wildman–Crippen LogP) is 2.02. The molecular weight excluding hydrogens is 290 g/mol. The average molecular weight is 305 g/mol. The van der Waals surface area contributed by atoms with Gasteiger partial charge < -0.3 is 11.5 Å². The summed E-state index contributed by atoms with van der Waals surface area (Å²) in [6, 6.07) is 13.1. The molecule has 0 bridgehead atoms. The quantitative estimate of drug-likeness (QED) is 0.556. The summed E-state index contributed by atoms with van der Waals surface area (Å²) in [6.45, 7) is 1.84. The Balaban J connectivity index is 2.19. The van der Waals surface area contributed by atoms with Crippen molar-refractivity contribution in [2.45, 2.75) is 6.92 Å². The third-order valence-corrected chi connectivity index (χ3v) is 3.41. The van der Waals surface area contributed by atoms with E-state index in [1.807, 2.05) is 37.3 Å². The zero-order valence-corrected chi connectivity index (χ0v) is 12.5. The molecule has 23 heavy (non-hydrogen) atoms. The lowest BCUT2D eigenvalue weighted by atomic mass is 9.99. The van der Waals surface area contributed by atoms with Crippen LogP contribution in [0.1, 0.15) is 16.2 Å². The average Bonchev–Trinajstić information content (AvgIpc) is 2.53. The molecule has 0 aliphatic rings. The highest BCUT2D eigenvalue weighted by Crippen LogP contribution is 2.28. The van der Waals surface area contributed by atoms with E-state index in [9.17, 15) is 4.79 Å². The second-order valence-corrected chi connectivity index (χ2v) is 5.07. The molecule has 0 atom stereocenters. The smallest absolute Gasteiger partial charge is 0.280 e. The maximum absolute atomic E-state index is 12.0. The van der Waals surface area contributed by atoms with Gasteiger partial charge in [-0.15, -0.1) is 0 Å². The van der Waals surface area contributed by atoms with Crippen molar-refractivity contribution in [3.63, 3.8) is 0 Å². The fourth-order valence-electron chi connectivity index (χ4n) is 2.42. The van der Waals surface area contributed by atoms with Crippen molar-refractivity contribution < 1.29 is 4.79 Å². The molecule has 0 aliphatic heterocycles. The Labute approximate surface area is 132 Å². The van der Waals surface area contributed by atoms with Crippen molar-refractivity contribution in [1.82, 2.24) is 9.97 Å². The number of aliphatic imine (C=N–C) groups is 1. The van der Waals surface area contributed by atoms with Gasteiger partial charge in [-0.25, -0.2) is 9.97 Å². The number of guanidine groups is 1. The van der Waals surface area contributed by atoms with Gasteiger partial charge in [-0.05, 0) is 35.9 Å². The molecule has 0 fully saturated rings. The van der Waals surface area contributed by atoms with Gasteiger partial charge in [0.25, 0.3) is 5.91 Å². The predicted molar refractivity (Wildman–Crippen MR) is 89.9 cm³/mol. The van der Waals surface area contributed by atoms with E-state index in [2.05, 4.69) is 15.0 Å². The third-order valence-electron chi connectivity index (χ3n) is 3.41. The van der Waals surface area contributed by atoms with Crippen LogP contribution in [0.3, 0.4) is 0 Å². The maximum Gasteiger partial charge on any atom is 0.280 e. The zero-order valence-electron chi connectivity index (χ0n) is 12.5. The lowest BCUT2D eigenvalue weighted by Crippen LogP contribution is -2.24. The molecule has 6 nitrogen and oxygen atoms in total. The minimum atomic E-state index is -0.472. The monoisotopic (exact) mass is 305 g/mol. The highest BCUT2D eigenvalue weighted by atomic mass is 16.1. The molecule has 0 unspecified atom stereocenters. The fraction of sp³-hybridized carbons (Fsp3) is 0.0588. The van der Waals surface area contributed by atoms with Crippen LogP contribution in [0.5, 0.6) is 0 Å². The fourth-order valence-corrected chi connectivity index (χ4v) is 2.42. The van der Waals surface area contributed by atoms with Gasteiger partial charge in [0.15, 0.2) is 5.96 Å². The second-order valence-electron chi connectivity index (χ2n) is 5.07. The first-order valence-electron chi connectivity index (χ1n) is 7.01. The van der Waals surface area contributed by atoms with E-state index in [4.69, 9.17) is 11.5 Å². The molecule has 0 aliphatic carbocycles. The second kappa shape index (κ2) is 5.84. The van der Waals surface area contributed by atoms with Gasteiger partial charge in [-0.2, -0.15) is 4.99 Å². The number of fused-ring (bicyclic) bond motifs is 1. The molecular formula is C17H15N5O. The van der Waals surface area contributed by atoms with Crippen molar-refractivity contribution in [3.05, 3.63) is 60.0 Å². The molecule has 3 rings (SSSR count). The number of carbonyl (C=O) groups excluding carboxylic acids is 1. The van der Waals surface area contributed by atoms with Crippen LogP contribution in [0, 0.1) is 6.92 Å². The minimum absolute atomic E-state index is 0.255. The Morgan fingerprint density at radius 1 is 1.13 bits per heavy atom. The Bertz CT molecular complexity index is 929. The van der Waals surface area contributed by atoms with Crippen molar-refractivity contribution in [1.29, 1.82) is 0 Å². The molecule has 0 saturated heterocycles. The van der Waals surface area contributed by atoms with Gasteiger partial charge in [0.05, 0.1) is 5.69 Å². The Kier molecular flexibility index (Phi) is 3.72. The van der Waals surface area contributed by atoms with Crippen LogP contribution in [0.25, 0.3) is 22.0 Å². The molecule has 1 heterocycles. The van der Waals surface area contributed by atoms with Crippen LogP contribution in [0.2, 0.25) is 0 Å². The maximum atomic E-state index is 12.0. The SMILES string of the molecule is Cc1nccc(-c2cccc3ccc(C(=O)N=C(N)N)cc23)n1. The summed E-state index contributed by atoms with van der Waals surface area (Å²) >= 11 is 0. The lowest BCUT2D eigenvalue weighted by molar-refractivity contribution is 0.100. The van der Waals surface area contributed by atoms with Crippen LogP contribution in [-0.4, -0.2) is 21.8 Å². The van der Waals surface area contributed by atoms with E-state index in [0.29, 0.717) is 11.4 Å². The number of nitrogens with two attached hydrogens (primary N) is 2. The summed E-state index contributed by atoms with van der Waals surface area (Å²) in [6.07, 6.45) is 1.71. The van der Waals surface area contributed by atoms with Crippen LogP contribution in [-0.2, 0) is 0 Å². The van der Waals surface area contributed by atoms with Gasteiger partial charge in [-0.3, -0.25) is 4.79 Å². The van der Waals surface area contributed by atoms with Crippen LogP contribution < -0.4 is 11.5 Å². The highest BCUT2D eigenvalue weighted by molar-refractivity contribution is 6.06. The molecule has 0 saturated carbocycles. The largest absolute Gasteiger partial charge is 0.370 e. The molecule has 6 heteroatoms. The molecule has 1 aromatic heterocycles. The molecule has 1 amide bonds.